The van der Waals surface area contributed by atoms with E-state index in [0.717, 1.165) is 5.56 Å². The Labute approximate surface area is 114 Å². The first-order valence-electron chi connectivity index (χ1n) is 7.24. The molecule has 3 N–H and O–H groups in total. The quantitative estimate of drug-likeness (QED) is 0.794. The van der Waals surface area contributed by atoms with Crippen molar-refractivity contribution < 1.29 is 0 Å². The number of nitrogens with two attached hydrogens (primary N) is 1. The number of hydrogen-bond acceptors (Lipinski definition) is 2. The minimum absolute atomic E-state index is 0.668. The van der Waals surface area contributed by atoms with E-state index in [-0.39, 0.29) is 0 Å². The smallest absolute Gasteiger partial charge is 0.126 e. The van der Waals surface area contributed by atoms with Gasteiger partial charge in [-0.1, -0.05) is 49.9 Å². The van der Waals surface area contributed by atoms with Gasteiger partial charge in [-0.25, -0.2) is 0 Å². The Morgan fingerprint density at radius 1 is 1.00 bits per heavy atom. The summed E-state index contributed by atoms with van der Waals surface area (Å²) in [7, 11) is 0. The molecule has 1 aromatic heterocycles. The molecule has 1 heterocycles. The molecule has 1 aromatic carbocycles. The van der Waals surface area contributed by atoms with Gasteiger partial charge in [0.2, 0.25) is 0 Å². The van der Waals surface area contributed by atoms with Gasteiger partial charge in [-0.3, -0.25) is 5.10 Å². The molecule has 1 aliphatic rings. The number of nitrogens with one attached hydrogen (secondary N) is 1. The molecule has 1 saturated carbocycles. The molecule has 2 aromatic rings. The number of benzene rings is 1. The SMILES string of the molecule is Nc1[nH]ncc1-c1ccccc1C1CCCCCC1. The van der Waals surface area contributed by atoms with E-state index in [9.17, 15) is 0 Å². The van der Waals surface area contributed by atoms with Gasteiger partial charge < -0.3 is 5.73 Å². The second-order valence-corrected chi connectivity index (χ2v) is 5.47. The standard InChI is InChI=1S/C16H21N3/c17-16-15(11-18-19-16)14-10-6-5-9-13(14)12-7-3-1-2-4-8-12/h5-6,9-12H,1-4,7-8H2,(H3,17,18,19). The molecule has 0 saturated heterocycles. The van der Waals surface area contributed by atoms with Crippen LogP contribution in [0.1, 0.15) is 50.0 Å². The topological polar surface area (TPSA) is 54.7 Å². The van der Waals surface area contributed by atoms with Crippen LogP contribution in [0.15, 0.2) is 30.5 Å². The van der Waals surface area contributed by atoms with Crippen molar-refractivity contribution in [3.05, 3.63) is 36.0 Å². The highest BCUT2D eigenvalue weighted by Gasteiger charge is 2.19. The lowest BCUT2D eigenvalue weighted by atomic mass is 9.86. The number of rotatable bonds is 2. The Hall–Kier alpha value is -1.77. The molecule has 0 amide bonds. The first kappa shape index (κ1) is 12.3. The average molecular weight is 255 g/mol. The molecule has 0 atom stereocenters. The van der Waals surface area contributed by atoms with Crippen molar-refractivity contribution in [1.29, 1.82) is 0 Å². The Morgan fingerprint density at radius 3 is 2.42 bits per heavy atom. The normalized spacial score (nSPS) is 17.3. The fourth-order valence-electron chi connectivity index (χ4n) is 3.20. The van der Waals surface area contributed by atoms with Crippen LogP contribution < -0.4 is 5.73 Å². The Kier molecular flexibility index (Phi) is 3.53. The summed E-state index contributed by atoms with van der Waals surface area (Å²) in [6.45, 7) is 0. The van der Waals surface area contributed by atoms with Gasteiger partial charge in [0.15, 0.2) is 0 Å². The predicted molar refractivity (Wildman–Crippen MR) is 78.9 cm³/mol. The van der Waals surface area contributed by atoms with Gasteiger partial charge in [0, 0.05) is 5.56 Å². The Bertz CT molecular complexity index is 536. The van der Waals surface area contributed by atoms with E-state index in [0.29, 0.717) is 11.7 Å². The molecule has 3 nitrogen and oxygen atoms in total. The van der Waals surface area contributed by atoms with Crippen molar-refractivity contribution in [3.63, 3.8) is 0 Å². The van der Waals surface area contributed by atoms with Gasteiger partial charge in [0.25, 0.3) is 0 Å². The summed E-state index contributed by atoms with van der Waals surface area (Å²) in [5, 5.41) is 6.89. The van der Waals surface area contributed by atoms with E-state index in [2.05, 4.69) is 34.5 Å². The second kappa shape index (κ2) is 5.47. The van der Waals surface area contributed by atoms with Crippen LogP contribution in [-0.4, -0.2) is 10.2 Å². The molecule has 1 fully saturated rings. The van der Waals surface area contributed by atoms with E-state index in [4.69, 9.17) is 5.73 Å². The summed E-state index contributed by atoms with van der Waals surface area (Å²) in [5.74, 6) is 1.34. The van der Waals surface area contributed by atoms with Crippen LogP contribution in [0.5, 0.6) is 0 Å². The first-order chi connectivity index (χ1) is 9.36. The Morgan fingerprint density at radius 2 is 1.74 bits per heavy atom. The fraction of sp³-hybridized carbons (Fsp3) is 0.438. The first-order valence-corrected chi connectivity index (χ1v) is 7.24. The van der Waals surface area contributed by atoms with Crippen LogP contribution in [-0.2, 0) is 0 Å². The van der Waals surface area contributed by atoms with Gasteiger partial charge in [-0.2, -0.15) is 5.10 Å². The molecule has 0 unspecified atom stereocenters. The lowest BCUT2D eigenvalue weighted by molar-refractivity contribution is 0.594. The number of nitrogens with zero attached hydrogens (tertiary/aromatic N) is 1. The van der Waals surface area contributed by atoms with Crippen LogP contribution in [0.2, 0.25) is 0 Å². The molecular formula is C16H21N3. The molecule has 0 bridgehead atoms. The number of aromatic amines is 1. The number of hydrogen-bond donors (Lipinski definition) is 2. The summed E-state index contributed by atoms with van der Waals surface area (Å²) < 4.78 is 0. The predicted octanol–water partition coefficient (Wildman–Crippen LogP) is 4.10. The monoisotopic (exact) mass is 255 g/mol. The van der Waals surface area contributed by atoms with E-state index >= 15 is 0 Å². The minimum Gasteiger partial charge on any atom is -0.384 e. The van der Waals surface area contributed by atoms with Crippen molar-refractivity contribution >= 4 is 5.82 Å². The molecule has 100 valence electrons. The van der Waals surface area contributed by atoms with Crippen molar-refractivity contribution in [2.24, 2.45) is 0 Å². The van der Waals surface area contributed by atoms with Crippen molar-refractivity contribution in [2.45, 2.75) is 44.4 Å². The van der Waals surface area contributed by atoms with E-state index in [1.807, 2.05) is 6.20 Å². The zero-order valence-electron chi connectivity index (χ0n) is 11.2. The van der Waals surface area contributed by atoms with Crippen molar-refractivity contribution in [1.82, 2.24) is 10.2 Å². The number of nitrogen functional groups attached to an aromatic ring is 1. The lowest BCUT2D eigenvalue weighted by Gasteiger charge is -2.18. The van der Waals surface area contributed by atoms with E-state index < -0.39 is 0 Å². The third kappa shape index (κ3) is 2.50. The van der Waals surface area contributed by atoms with Crippen LogP contribution in [0.4, 0.5) is 5.82 Å². The maximum absolute atomic E-state index is 5.98. The molecule has 19 heavy (non-hydrogen) atoms. The van der Waals surface area contributed by atoms with E-state index in [1.54, 1.807) is 0 Å². The van der Waals surface area contributed by atoms with Gasteiger partial charge in [0.1, 0.15) is 5.82 Å². The van der Waals surface area contributed by atoms with Crippen LogP contribution in [0.3, 0.4) is 0 Å². The van der Waals surface area contributed by atoms with Gasteiger partial charge in [-0.05, 0) is 29.9 Å². The average Bonchev–Trinajstić information content (AvgIpc) is 2.71. The summed E-state index contributed by atoms with van der Waals surface area (Å²) in [4.78, 5) is 0. The summed E-state index contributed by atoms with van der Waals surface area (Å²) in [6.07, 6.45) is 9.90. The molecule has 1 aliphatic carbocycles. The molecule has 3 rings (SSSR count). The molecule has 0 spiro atoms. The molecular weight excluding hydrogens is 234 g/mol. The summed E-state index contributed by atoms with van der Waals surface area (Å²) >= 11 is 0. The third-order valence-corrected chi connectivity index (χ3v) is 4.21. The van der Waals surface area contributed by atoms with Crippen molar-refractivity contribution in [2.75, 3.05) is 5.73 Å². The van der Waals surface area contributed by atoms with E-state index in [1.165, 1.54) is 49.7 Å². The maximum Gasteiger partial charge on any atom is 0.126 e. The zero-order chi connectivity index (χ0) is 13.1. The largest absolute Gasteiger partial charge is 0.384 e. The molecule has 0 radical (unpaired) electrons. The zero-order valence-corrected chi connectivity index (χ0v) is 11.2. The third-order valence-electron chi connectivity index (χ3n) is 4.21. The van der Waals surface area contributed by atoms with Gasteiger partial charge >= 0.3 is 0 Å². The highest BCUT2D eigenvalue weighted by molar-refractivity contribution is 5.76. The number of anilines is 1. The maximum atomic E-state index is 5.98. The fourth-order valence-corrected chi connectivity index (χ4v) is 3.20. The van der Waals surface area contributed by atoms with Crippen LogP contribution >= 0.6 is 0 Å². The Balaban J connectivity index is 1.99. The lowest BCUT2D eigenvalue weighted by Crippen LogP contribution is -2.00. The summed E-state index contributed by atoms with van der Waals surface area (Å²) in [5.41, 5.74) is 9.72. The van der Waals surface area contributed by atoms with Crippen LogP contribution in [0.25, 0.3) is 11.1 Å². The highest BCUT2D eigenvalue weighted by atomic mass is 15.1. The summed E-state index contributed by atoms with van der Waals surface area (Å²) in [6, 6.07) is 8.65. The molecule has 3 heteroatoms. The van der Waals surface area contributed by atoms with Crippen LogP contribution in [0, 0.1) is 0 Å². The van der Waals surface area contributed by atoms with Gasteiger partial charge in [0.05, 0.1) is 6.20 Å². The second-order valence-electron chi connectivity index (χ2n) is 5.47. The van der Waals surface area contributed by atoms with Crippen molar-refractivity contribution in [3.8, 4) is 11.1 Å². The molecule has 0 aliphatic heterocycles. The highest BCUT2D eigenvalue weighted by Crippen LogP contribution is 2.38. The number of aromatic nitrogens is 2. The number of H-pyrrole nitrogens is 1. The minimum atomic E-state index is 0.668. The van der Waals surface area contributed by atoms with Gasteiger partial charge in [-0.15, -0.1) is 0 Å².